The van der Waals surface area contributed by atoms with Crippen LogP contribution in [-0.4, -0.2) is 61.2 Å². The van der Waals surface area contributed by atoms with Gasteiger partial charge in [-0.15, -0.1) is 0 Å². The predicted octanol–water partition coefficient (Wildman–Crippen LogP) is 5.14. The maximum atomic E-state index is 13.7. The predicted molar refractivity (Wildman–Crippen MR) is 152 cm³/mol. The zero-order valence-electron chi connectivity index (χ0n) is 20.6. The van der Waals surface area contributed by atoms with E-state index in [0.717, 1.165) is 40.0 Å². The van der Waals surface area contributed by atoms with Crippen LogP contribution >= 0.6 is 23.5 Å². The second kappa shape index (κ2) is 12.6. The summed E-state index contributed by atoms with van der Waals surface area (Å²) in [6, 6.07) is 23.6. The summed E-state index contributed by atoms with van der Waals surface area (Å²) in [5, 5.41) is 9.40. The van der Waals surface area contributed by atoms with Crippen molar-refractivity contribution in [3.8, 4) is 0 Å². The number of H-pyrrole nitrogens is 1. The molecule has 4 rings (SSSR count). The van der Waals surface area contributed by atoms with E-state index < -0.39 is 23.2 Å². The van der Waals surface area contributed by atoms with Crippen molar-refractivity contribution in [1.82, 2.24) is 9.88 Å². The largest absolute Gasteiger partial charge is 0.480 e. The van der Waals surface area contributed by atoms with E-state index in [1.807, 2.05) is 24.3 Å². The Morgan fingerprint density at radius 2 is 1.42 bits per heavy atom. The molecule has 2 atom stereocenters. The first-order valence-corrected chi connectivity index (χ1v) is 13.7. The molecule has 4 aromatic rings. The number of nitrogens with one attached hydrogen (secondary N) is 1. The van der Waals surface area contributed by atoms with E-state index in [1.165, 1.54) is 11.9 Å². The van der Waals surface area contributed by atoms with Crippen LogP contribution in [0.15, 0.2) is 91.1 Å². The van der Waals surface area contributed by atoms with Crippen LogP contribution < -0.4 is 0 Å². The number of amides is 1. The number of fused-ring (bicyclic) bond motifs is 1. The zero-order chi connectivity index (χ0) is 27.1. The fraction of sp³-hybridized carbons (Fsp3) is 0.172. The average Bonchev–Trinajstić information content (AvgIpc) is 3.36. The monoisotopic (exact) mass is 546 g/mol. The Morgan fingerprint density at radius 3 is 2.05 bits per heavy atom. The van der Waals surface area contributed by atoms with Crippen molar-refractivity contribution in [1.29, 1.82) is 0 Å². The highest BCUT2D eigenvalue weighted by atomic mass is 32.2. The zero-order valence-corrected chi connectivity index (χ0v) is 22.2. The third kappa shape index (κ3) is 6.54. The molecule has 2 unspecified atom stereocenters. The lowest BCUT2D eigenvalue weighted by Gasteiger charge is -2.28. The van der Waals surface area contributed by atoms with Crippen LogP contribution in [0.4, 0.5) is 0 Å². The standard InChI is InChI=1S/C29H26N2O5S2/c1-31(24(27(33)34)16-21-17-30-23-15-9-8-14-22(21)23)26(32)25(38-29(36)20-12-6-3-7-13-20)18-37-28(35)19-10-4-2-5-11-19/h2-15,17,24-25,30H,16,18H2,1H3,(H,33,34). The van der Waals surface area contributed by atoms with Gasteiger partial charge >= 0.3 is 5.97 Å². The highest BCUT2D eigenvalue weighted by molar-refractivity contribution is 8.18. The first-order chi connectivity index (χ1) is 18.3. The minimum atomic E-state index is -1.16. The number of hydrogen-bond donors (Lipinski definition) is 2. The lowest BCUT2D eigenvalue weighted by atomic mass is 10.0. The number of aromatic nitrogens is 1. The third-order valence-electron chi connectivity index (χ3n) is 6.10. The highest BCUT2D eigenvalue weighted by Crippen LogP contribution is 2.27. The number of aliphatic carboxylic acids is 1. The normalized spacial score (nSPS) is 12.6. The van der Waals surface area contributed by atoms with Crippen LogP contribution in [-0.2, 0) is 16.0 Å². The number of carbonyl (C=O) groups is 4. The number of hydrogen-bond acceptors (Lipinski definition) is 6. The first kappa shape index (κ1) is 27.2. The lowest BCUT2D eigenvalue weighted by Crippen LogP contribution is -2.48. The minimum Gasteiger partial charge on any atom is -0.480 e. The number of carboxylic acid groups (broad SMARTS) is 1. The molecular weight excluding hydrogens is 520 g/mol. The van der Waals surface area contributed by atoms with Gasteiger partial charge in [0.05, 0.1) is 0 Å². The topological polar surface area (TPSA) is 108 Å². The van der Waals surface area contributed by atoms with Gasteiger partial charge in [-0.3, -0.25) is 14.4 Å². The Bertz CT molecular complexity index is 1440. The molecule has 38 heavy (non-hydrogen) atoms. The molecule has 0 radical (unpaired) electrons. The van der Waals surface area contributed by atoms with E-state index in [4.69, 9.17) is 0 Å². The molecule has 9 heteroatoms. The number of thioether (sulfide) groups is 2. The first-order valence-electron chi connectivity index (χ1n) is 11.9. The smallest absolute Gasteiger partial charge is 0.326 e. The van der Waals surface area contributed by atoms with Gasteiger partial charge in [0.2, 0.25) is 16.1 Å². The van der Waals surface area contributed by atoms with Crippen molar-refractivity contribution in [3.05, 3.63) is 108 Å². The second-order valence-corrected chi connectivity index (χ2v) is 10.8. The lowest BCUT2D eigenvalue weighted by molar-refractivity contribution is -0.148. The SMILES string of the molecule is CN(C(=O)C(CSC(=O)c1ccccc1)SC(=O)c1ccccc1)C(Cc1c[nH]c2ccccc12)C(=O)O. The number of likely N-dealkylation sites (N-methyl/N-ethyl adjacent to an activating group) is 1. The Morgan fingerprint density at radius 1 is 0.842 bits per heavy atom. The summed E-state index contributed by atoms with van der Waals surface area (Å²) < 4.78 is 0. The fourth-order valence-corrected chi connectivity index (χ4v) is 6.04. The van der Waals surface area contributed by atoms with Crippen LogP contribution in [0.1, 0.15) is 26.3 Å². The molecule has 0 saturated carbocycles. The van der Waals surface area contributed by atoms with Gasteiger partial charge in [0.15, 0.2) is 0 Å². The molecule has 1 amide bonds. The van der Waals surface area contributed by atoms with Crippen molar-refractivity contribution in [2.24, 2.45) is 0 Å². The number of carboxylic acids is 1. The summed E-state index contributed by atoms with van der Waals surface area (Å²) in [5.74, 6) is -1.67. The van der Waals surface area contributed by atoms with Gasteiger partial charge in [0, 0.05) is 47.4 Å². The molecule has 0 aliphatic carbocycles. The number of rotatable bonds is 10. The molecule has 0 spiro atoms. The Labute approximate surface area is 228 Å². The summed E-state index contributed by atoms with van der Waals surface area (Å²) in [7, 11) is 1.43. The third-order valence-corrected chi connectivity index (χ3v) is 8.41. The maximum absolute atomic E-state index is 13.7. The molecule has 3 aromatic carbocycles. The van der Waals surface area contributed by atoms with Crippen LogP contribution in [0.2, 0.25) is 0 Å². The van der Waals surface area contributed by atoms with Gasteiger partial charge in [-0.1, -0.05) is 102 Å². The van der Waals surface area contributed by atoms with Crippen molar-refractivity contribution >= 4 is 56.5 Å². The van der Waals surface area contributed by atoms with E-state index >= 15 is 0 Å². The van der Waals surface area contributed by atoms with Crippen molar-refractivity contribution < 1.29 is 24.3 Å². The Balaban J connectivity index is 1.55. The second-order valence-electron chi connectivity index (χ2n) is 8.59. The summed E-state index contributed by atoms with van der Waals surface area (Å²) in [4.78, 5) is 55.9. The Hall–Kier alpha value is -3.82. The van der Waals surface area contributed by atoms with E-state index in [-0.39, 0.29) is 22.4 Å². The van der Waals surface area contributed by atoms with Crippen molar-refractivity contribution in [2.75, 3.05) is 12.8 Å². The van der Waals surface area contributed by atoms with E-state index in [9.17, 15) is 24.3 Å². The highest BCUT2D eigenvalue weighted by Gasteiger charge is 2.34. The van der Waals surface area contributed by atoms with Gasteiger partial charge in [0.1, 0.15) is 11.3 Å². The molecule has 194 valence electrons. The molecule has 0 bridgehead atoms. The summed E-state index contributed by atoms with van der Waals surface area (Å²) in [5.41, 5.74) is 2.55. The fourth-order valence-electron chi connectivity index (χ4n) is 4.02. The van der Waals surface area contributed by atoms with E-state index in [2.05, 4.69) is 4.98 Å². The molecule has 0 saturated heterocycles. The van der Waals surface area contributed by atoms with Crippen LogP contribution in [0, 0.1) is 0 Å². The number of benzene rings is 3. The maximum Gasteiger partial charge on any atom is 0.326 e. The molecule has 1 heterocycles. The molecule has 0 fully saturated rings. The van der Waals surface area contributed by atoms with Gasteiger partial charge in [0.25, 0.3) is 0 Å². The van der Waals surface area contributed by atoms with Crippen molar-refractivity contribution in [3.63, 3.8) is 0 Å². The van der Waals surface area contributed by atoms with Gasteiger partial charge in [-0.2, -0.15) is 0 Å². The molecule has 1 aromatic heterocycles. The number of para-hydroxylation sites is 1. The van der Waals surface area contributed by atoms with Gasteiger partial charge < -0.3 is 15.0 Å². The summed E-state index contributed by atoms with van der Waals surface area (Å²) in [6.45, 7) is 0. The molecular formula is C29H26N2O5S2. The van der Waals surface area contributed by atoms with Gasteiger partial charge in [-0.05, 0) is 11.6 Å². The summed E-state index contributed by atoms with van der Waals surface area (Å²) >= 11 is 1.74. The minimum absolute atomic E-state index is 0.0135. The number of carbonyl (C=O) groups excluding carboxylic acids is 3. The van der Waals surface area contributed by atoms with E-state index in [1.54, 1.807) is 66.9 Å². The van der Waals surface area contributed by atoms with Crippen LogP contribution in [0.25, 0.3) is 10.9 Å². The molecule has 7 nitrogen and oxygen atoms in total. The molecule has 2 N–H and O–H groups in total. The number of nitrogens with zero attached hydrogens (tertiary/aromatic N) is 1. The molecule has 0 aliphatic heterocycles. The average molecular weight is 547 g/mol. The van der Waals surface area contributed by atoms with Crippen molar-refractivity contribution in [2.45, 2.75) is 17.7 Å². The number of aromatic amines is 1. The van der Waals surface area contributed by atoms with E-state index in [0.29, 0.717) is 11.1 Å². The quantitative estimate of drug-likeness (QED) is 0.284. The summed E-state index contributed by atoms with van der Waals surface area (Å²) in [6.07, 6.45) is 1.83. The molecule has 0 aliphatic rings. The Kier molecular flexibility index (Phi) is 9.04. The van der Waals surface area contributed by atoms with Gasteiger partial charge in [-0.25, -0.2) is 4.79 Å². The van der Waals surface area contributed by atoms with Crippen LogP contribution in [0.3, 0.4) is 0 Å². The van der Waals surface area contributed by atoms with Crippen LogP contribution in [0.5, 0.6) is 0 Å².